The van der Waals surface area contributed by atoms with E-state index in [1.54, 1.807) is 31.2 Å². The molecule has 3 N–H and O–H groups in total. The molecule has 0 aliphatic carbocycles. The number of halogens is 1. The van der Waals surface area contributed by atoms with Crippen molar-refractivity contribution in [3.63, 3.8) is 0 Å². The van der Waals surface area contributed by atoms with Crippen LogP contribution in [-0.2, 0) is 4.79 Å². The zero-order chi connectivity index (χ0) is 16.1. The number of carbonyl (C=O) groups excluding carboxylic acids is 1. The molecule has 0 aliphatic rings. The highest BCUT2D eigenvalue weighted by Crippen LogP contribution is 2.21. The Labute approximate surface area is 134 Å². The van der Waals surface area contributed by atoms with Crippen LogP contribution in [0.25, 0.3) is 11.5 Å². The van der Waals surface area contributed by atoms with Gasteiger partial charge in [-0.05, 0) is 37.6 Å². The Morgan fingerprint density at radius 1 is 1.41 bits per heavy atom. The molecule has 0 saturated heterocycles. The van der Waals surface area contributed by atoms with Crippen LogP contribution in [0.2, 0.25) is 5.02 Å². The average Bonchev–Trinajstić information content (AvgIpc) is 2.98. The van der Waals surface area contributed by atoms with Gasteiger partial charge >= 0.3 is 0 Å². The molecule has 0 saturated carbocycles. The van der Waals surface area contributed by atoms with E-state index in [9.17, 15) is 4.79 Å². The van der Waals surface area contributed by atoms with Crippen molar-refractivity contribution >= 4 is 17.5 Å². The molecular formula is C15H19ClN4O2. The lowest BCUT2D eigenvalue weighted by Gasteiger charge is -2.14. The number of rotatable bonds is 6. The summed E-state index contributed by atoms with van der Waals surface area (Å²) in [5.74, 6) is 0.569. The number of nitrogens with zero attached hydrogens (tertiary/aromatic N) is 2. The van der Waals surface area contributed by atoms with Crippen molar-refractivity contribution in [2.45, 2.75) is 38.8 Å². The van der Waals surface area contributed by atoms with E-state index in [4.69, 9.17) is 21.9 Å². The van der Waals surface area contributed by atoms with Gasteiger partial charge in [0.05, 0.1) is 12.1 Å². The Bertz CT molecular complexity index is 627. The topological polar surface area (TPSA) is 94.0 Å². The van der Waals surface area contributed by atoms with Gasteiger partial charge in [0, 0.05) is 10.6 Å². The largest absolute Gasteiger partial charge is 0.345 e. The summed E-state index contributed by atoms with van der Waals surface area (Å²) in [5, 5.41) is 7.32. The van der Waals surface area contributed by atoms with E-state index in [0.717, 1.165) is 12.0 Å². The first-order chi connectivity index (χ1) is 10.5. The van der Waals surface area contributed by atoms with Crippen molar-refractivity contribution in [2.24, 2.45) is 5.73 Å². The monoisotopic (exact) mass is 322 g/mol. The molecule has 0 bridgehead atoms. The lowest BCUT2D eigenvalue weighted by atomic mass is 10.1. The molecule has 1 aromatic carbocycles. The fourth-order valence-corrected chi connectivity index (χ4v) is 2.07. The normalized spacial score (nSPS) is 13.6. The predicted molar refractivity (Wildman–Crippen MR) is 84.2 cm³/mol. The predicted octanol–water partition coefficient (Wildman–Crippen LogP) is 2.69. The molecule has 1 aromatic heterocycles. The second-order valence-electron chi connectivity index (χ2n) is 5.09. The van der Waals surface area contributed by atoms with E-state index in [0.29, 0.717) is 23.2 Å². The lowest BCUT2D eigenvalue weighted by Crippen LogP contribution is -2.41. The van der Waals surface area contributed by atoms with Crippen molar-refractivity contribution < 1.29 is 9.32 Å². The summed E-state index contributed by atoms with van der Waals surface area (Å²) in [6.07, 6.45) is 1.49. The SMILES string of the molecule is CCCC(N)C(=O)NC(C)c1noc(-c2ccc(Cl)cc2)n1. The van der Waals surface area contributed by atoms with Gasteiger partial charge in [0.25, 0.3) is 5.89 Å². The molecule has 118 valence electrons. The van der Waals surface area contributed by atoms with E-state index in [-0.39, 0.29) is 11.9 Å². The van der Waals surface area contributed by atoms with Crippen LogP contribution in [-0.4, -0.2) is 22.1 Å². The van der Waals surface area contributed by atoms with Gasteiger partial charge in [0.15, 0.2) is 5.82 Å². The second kappa shape index (κ2) is 7.38. The standard InChI is InChI=1S/C15H19ClN4O2/c1-3-4-12(17)14(21)18-9(2)13-19-15(22-20-13)10-5-7-11(16)8-6-10/h5-9,12H,3-4,17H2,1-2H3,(H,18,21). The molecular weight excluding hydrogens is 304 g/mol. The van der Waals surface area contributed by atoms with Gasteiger partial charge in [-0.25, -0.2) is 0 Å². The number of hydrogen-bond acceptors (Lipinski definition) is 5. The van der Waals surface area contributed by atoms with Crippen LogP contribution in [0.1, 0.15) is 38.6 Å². The maximum Gasteiger partial charge on any atom is 0.257 e. The first-order valence-electron chi connectivity index (χ1n) is 7.16. The Kier molecular flexibility index (Phi) is 5.51. The minimum absolute atomic E-state index is 0.216. The summed E-state index contributed by atoms with van der Waals surface area (Å²) in [6, 6.07) is 6.18. The Hall–Kier alpha value is -1.92. The minimum atomic E-state index is -0.518. The van der Waals surface area contributed by atoms with Gasteiger partial charge in [-0.2, -0.15) is 4.98 Å². The molecule has 2 atom stereocenters. The smallest absolute Gasteiger partial charge is 0.257 e. The molecule has 0 fully saturated rings. The number of amides is 1. The number of carbonyl (C=O) groups is 1. The summed E-state index contributed by atoms with van der Waals surface area (Å²) in [5.41, 5.74) is 6.54. The quantitative estimate of drug-likeness (QED) is 0.852. The number of aromatic nitrogens is 2. The Morgan fingerprint density at radius 3 is 2.73 bits per heavy atom. The third kappa shape index (κ3) is 4.05. The van der Waals surface area contributed by atoms with Crippen LogP contribution in [0.15, 0.2) is 28.8 Å². The van der Waals surface area contributed by atoms with Gasteiger partial charge in [-0.15, -0.1) is 0 Å². The van der Waals surface area contributed by atoms with Crippen molar-refractivity contribution in [1.82, 2.24) is 15.5 Å². The fraction of sp³-hybridized carbons (Fsp3) is 0.400. The molecule has 2 aromatic rings. The summed E-state index contributed by atoms with van der Waals surface area (Å²) < 4.78 is 5.21. The molecule has 22 heavy (non-hydrogen) atoms. The van der Waals surface area contributed by atoms with Gasteiger partial charge < -0.3 is 15.6 Å². The van der Waals surface area contributed by atoms with Crippen LogP contribution >= 0.6 is 11.6 Å². The molecule has 0 radical (unpaired) electrons. The highest BCUT2D eigenvalue weighted by atomic mass is 35.5. The summed E-state index contributed by atoms with van der Waals surface area (Å²) in [4.78, 5) is 16.2. The van der Waals surface area contributed by atoms with Crippen molar-refractivity contribution in [1.29, 1.82) is 0 Å². The molecule has 1 amide bonds. The van der Waals surface area contributed by atoms with Gasteiger partial charge in [0.1, 0.15) is 0 Å². The maximum atomic E-state index is 11.9. The van der Waals surface area contributed by atoms with Crippen molar-refractivity contribution in [3.05, 3.63) is 35.1 Å². The van der Waals surface area contributed by atoms with E-state index in [2.05, 4.69) is 15.5 Å². The first kappa shape index (κ1) is 16.5. The minimum Gasteiger partial charge on any atom is -0.345 e. The van der Waals surface area contributed by atoms with Crippen molar-refractivity contribution in [2.75, 3.05) is 0 Å². The van der Waals surface area contributed by atoms with E-state index in [1.165, 1.54) is 0 Å². The molecule has 2 rings (SSSR count). The van der Waals surface area contributed by atoms with Gasteiger partial charge in [-0.3, -0.25) is 4.79 Å². The molecule has 1 heterocycles. The van der Waals surface area contributed by atoms with Crippen LogP contribution in [0.3, 0.4) is 0 Å². The molecule has 2 unspecified atom stereocenters. The van der Waals surface area contributed by atoms with Crippen LogP contribution in [0.5, 0.6) is 0 Å². The Balaban J connectivity index is 2.04. The Morgan fingerprint density at radius 2 is 2.09 bits per heavy atom. The number of nitrogens with two attached hydrogens (primary N) is 1. The van der Waals surface area contributed by atoms with Crippen molar-refractivity contribution in [3.8, 4) is 11.5 Å². The first-order valence-corrected chi connectivity index (χ1v) is 7.54. The molecule has 0 spiro atoms. The number of nitrogens with one attached hydrogen (secondary N) is 1. The van der Waals surface area contributed by atoms with E-state index in [1.807, 2.05) is 6.92 Å². The number of hydrogen-bond donors (Lipinski definition) is 2. The zero-order valence-electron chi connectivity index (χ0n) is 12.5. The molecule has 7 heteroatoms. The van der Waals surface area contributed by atoms with Crippen LogP contribution in [0.4, 0.5) is 0 Å². The maximum absolute atomic E-state index is 11.9. The van der Waals surface area contributed by atoms with Gasteiger partial charge in [-0.1, -0.05) is 30.1 Å². The van der Waals surface area contributed by atoms with E-state index < -0.39 is 6.04 Å². The third-order valence-corrected chi connectivity index (χ3v) is 3.47. The average molecular weight is 323 g/mol. The fourth-order valence-electron chi connectivity index (χ4n) is 1.95. The molecule has 6 nitrogen and oxygen atoms in total. The summed E-state index contributed by atoms with van der Waals surface area (Å²) >= 11 is 5.84. The highest BCUT2D eigenvalue weighted by molar-refractivity contribution is 6.30. The summed E-state index contributed by atoms with van der Waals surface area (Å²) in [7, 11) is 0. The lowest BCUT2D eigenvalue weighted by molar-refractivity contribution is -0.123. The van der Waals surface area contributed by atoms with E-state index >= 15 is 0 Å². The number of benzene rings is 1. The highest BCUT2D eigenvalue weighted by Gasteiger charge is 2.20. The molecule has 0 aliphatic heterocycles. The third-order valence-electron chi connectivity index (χ3n) is 3.22. The van der Waals surface area contributed by atoms with Crippen LogP contribution < -0.4 is 11.1 Å². The second-order valence-corrected chi connectivity index (χ2v) is 5.53. The zero-order valence-corrected chi connectivity index (χ0v) is 13.3. The van der Waals surface area contributed by atoms with Crippen LogP contribution in [0, 0.1) is 0 Å². The summed E-state index contributed by atoms with van der Waals surface area (Å²) in [6.45, 7) is 3.77. The van der Waals surface area contributed by atoms with Gasteiger partial charge in [0.2, 0.25) is 5.91 Å².